The van der Waals surface area contributed by atoms with Crippen molar-refractivity contribution >= 4 is 0 Å². The molecule has 1 heterocycles. The lowest BCUT2D eigenvalue weighted by Gasteiger charge is -2.32. The minimum atomic E-state index is -0.745. The average Bonchev–Trinajstić information content (AvgIpc) is 2.47. The van der Waals surface area contributed by atoms with Gasteiger partial charge in [-0.2, -0.15) is 0 Å². The third-order valence-electron chi connectivity index (χ3n) is 3.77. The fourth-order valence-electron chi connectivity index (χ4n) is 2.72. The van der Waals surface area contributed by atoms with E-state index >= 15 is 0 Å². The fraction of sp³-hybridized carbons (Fsp3) is 0.647. The van der Waals surface area contributed by atoms with Gasteiger partial charge in [0.05, 0.1) is 18.8 Å². The zero-order valence-corrected chi connectivity index (χ0v) is 13.6. The van der Waals surface area contributed by atoms with Gasteiger partial charge in [0.25, 0.3) is 0 Å². The van der Waals surface area contributed by atoms with Gasteiger partial charge in [-0.3, -0.25) is 9.80 Å². The molecule has 1 aliphatic rings. The molecule has 2 rings (SSSR count). The molecular weight excluding hydrogens is 283 g/mol. The van der Waals surface area contributed by atoms with Gasteiger partial charge in [0.15, 0.2) is 0 Å². The number of rotatable bonds is 7. The second kappa shape index (κ2) is 8.02. The molecule has 0 unspecified atom stereocenters. The molecule has 124 valence electrons. The minimum absolute atomic E-state index is 0.217. The van der Waals surface area contributed by atoms with Gasteiger partial charge < -0.3 is 9.84 Å². The molecule has 0 saturated carbocycles. The second-order valence-electron chi connectivity index (χ2n) is 6.60. The summed E-state index contributed by atoms with van der Waals surface area (Å²) in [6.07, 6.45) is 0. The molecule has 0 radical (unpaired) electrons. The van der Waals surface area contributed by atoms with E-state index in [2.05, 4.69) is 9.80 Å². The van der Waals surface area contributed by atoms with Gasteiger partial charge in [-0.1, -0.05) is 12.1 Å². The number of ether oxygens (including phenoxy) is 1. The van der Waals surface area contributed by atoms with Crippen LogP contribution in [0.25, 0.3) is 0 Å². The van der Waals surface area contributed by atoms with Gasteiger partial charge in [0, 0.05) is 39.3 Å². The number of hydrogen-bond acceptors (Lipinski definition) is 4. The van der Waals surface area contributed by atoms with Gasteiger partial charge in [-0.15, -0.1) is 0 Å². The summed E-state index contributed by atoms with van der Waals surface area (Å²) in [7, 11) is 0. The van der Waals surface area contributed by atoms with Crippen LogP contribution in [0, 0.1) is 5.82 Å². The first-order chi connectivity index (χ1) is 10.4. The van der Waals surface area contributed by atoms with Crippen LogP contribution in [0.15, 0.2) is 24.3 Å². The number of aliphatic hydroxyl groups is 1. The van der Waals surface area contributed by atoms with E-state index in [1.54, 1.807) is 12.1 Å². The molecule has 1 fully saturated rings. The summed E-state index contributed by atoms with van der Waals surface area (Å²) >= 11 is 0. The van der Waals surface area contributed by atoms with E-state index in [0.29, 0.717) is 13.1 Å². The largest absolute Gasteiger partial charge is 0.389 e. The summed E-state index contributed by atoms with van der Waals surface area (Å²) in [6, 6.07) is 6.59. The van der Waals surface area contributed by atoms with Crippen molar-refractivity contribution < 1.29 is 14.2 Å². The maximum atomic E-state index is 13.0. The molecule has 0 aliphatic carbocycles. The first kappa shape index (κ1) is 17.3. The average molecular weight is 310 g/mol. The molecule has 1 aromatic carbocycles. The van der Waals surface area contributed by atoms with Crippen molar-refractivity contribution in [2.24, 2.45) is 0 Å². The van der Waals surface area contributed by atoms with Crippen LogP contribution >= 0.6 is 0 Å². The Balaban J connectivity index is 1.91. The Kier molecular flexibility index (Phi) is 6.32. The summed E-state index contributed by atoms with van der Waals surface area (Å²) in [5.74, 6) is -0.217. The third-order valence-corrected chi connectivity index (χ3v) is 3.77. The molecule has 1 aliphatic heterocycles. The molecule has 1 saturated heterocycles. The minimum Gasteiger partial charge on any atom is -0.389 e. The van der Waals surface area contributed by atoms with Crippen molar-refractivity contribution in [3.63, 3.8) is 0 Å². The Labute approximate surface area is 132 Å². The van der Waals surface area contributed by atoms with Gasteiger partial charge in [-0.25, -0.2) is 4.39 Å². The fourth-order valence-corrected chi connectivity index (χ4v) is 2.72. The quantitative estimate of drug-likeness (QED) is 0.832. The van der Waals surface area contributed by atoms with E-state index in [1.165, 1.54) is 12.1 Å². The van der Waals surface area contributed by atoms with Crippen molar-refractivity contribution in [1.82, 2.24) is 9.80 Å². The SMILES string of the molecule is CC(C)(O)CN(CCN1CCOCC1)Cc1ccc(F)cc1. The lowest BCUT2D eigenvalue weighted by Crippen LogP contribution is -2.44. The maximum absolute atomic E-state index is 13.0. The first-order valence-electron chi connectivity index (χ1n) is 7.92. The second-order valence-corrected chi connectivity index (χ2v) is 6.60. The molecule has 0 bridgehead atoms. The number of benzene rings is 1. The van der Waals surface area contributed by atoms with E-state index in [0.717, 1.165) is 45.0 Å². The predicted molar refractivity (Wildman–Crippen MR) is 85.2 cm³/mol. The van der Waals surface area contributed by atoms with Crippen LogP contribution in [0.4, 0.5) is 4.39 Å². The summed E-state index contributed by atoms with van der Waals surface area (Å²) in [5.41, 5.74) is 0.318. The Morgan fingerprint density at radius 2 is 1.86 bits per heavy atom. The van der Waals surface area contributed by atoms with Crippen molar-refractivity contribution in [1.29, 1.82) is 0 Å². The molecule has 1 N–H and O–H groups in total. The van der Waals surface area contributed by atoms with Gasteiger partial charge in [0.1, 0.15) is 5.82 Å². The van der Waals surface area contributed by atoms with Crippen LogP contribution in [0.5, 0.6) is 0 Å². The Morgan fingerprint density at radius 1 is 1.23 bits per heavy atom. The zero-order valence-electron chi connectivity index (χ0n) is 13.6. The van der Waals surface area contributed by atoms with E-state index in [9.17, 15) is 9.50 Å². The smallest absolute Gasteiger partial charge is 0.123 e. The monoisotopic (exact) mass is 310 g/mol. The molecule has 0 aromatic heterocycles. The molecule has 5 heteroatoms. The number of nitrogens with zero attached hydrogens (tertiary/aromatic N) is 2. The third kappa shape index (κ3) is 6.40. The van der Waals surface area contributed by atoms with Crippen molar-refractivity contribution in [2.45, 2.75) is 26.0 Å². The molecule has 22 heavy (non-hydrogen) atoms. The number of halogens is 1. The van der Waals surface area contributed by atoms with Crippen molar-refractivity contribution in [2.75, 3.05) is 45.9 Å². The summed E-state index contributed by atoms with van der Waals surface area (Å²) in [5, 5.41) is 10.1. The van der Waals surface area contributed by atoms with Crippen LogP contribution in [0.3, 0.4) is 0 Å². The highest BCUT2D eigenvalue weighted by Gasteiger charge is 2.20. The molecule has 0 amide bonds. The van der Waals surface area contributed by atoms with Crippen LogP contribution in [0.1, 0.15) is 19.4 Å². The highest BCUT2D eigenvalue weighted by Crippen LogP contribution is 2.11. The predicted octanol–water partition coefficient (Wildman–Crippen LogP) is 1.73. The highest BCUT2D eigenvalue weighted by atomic mass is 19.1. The Hall–Kier alpha value is -1.01. The van der Waals surface area contributed by atoms with E-state index in [1.807, 2.05) is 13.8 Å². The highest BCUT2D eigenvalue weighted by molar-refractivity contribution is 5.15. The Morgan fingerprint density at radius 3 is 2.45 bits per heavy atom. The number of morpholine rings is 1. The molecule has 0 spiro atoms. The summed E-state index contributed by atoms with van der Waals surface area (Å²) < 4.78 is 18.4. The van der Waals surface area contributed by atoms with Crippen molar-refractivity contribution in [3.05, 3.63) is 35.6 Å². The summed E-state index contributed by atoms with van der Waals surface area (Å²) in [6.45, 7) is 10.3. The summed E-state index contributed by atoms with van der Waals surface area (Å²) in [4.78, 5) is 4.61. The van der Waals surface area contributed by atoms with Crippen molar-refractivity contribution in [3.8, 4) is 0 Å². The maximum Gasteiger partial charge on any atom is 0.123 e. The van der Waals surface area contributed by atoms with Crippen LogP contribution in [0.2, 0.25) is 0 Å². The molecule has 1 aromatic rings. The zero-order chi connectivity index (χ0) is 16.0. The standard InChI is InChI=1S/C17H27FN2O2/c1-17(2,21)14-20(8-7-19-9-11-22-12-10-19)13-15-3-5-16(18)6-4-15/h3-6,21H,7-14H2,1-2H3. The van der Waals surface area contributed by atoms with Gasteiger partial charge in [-0.05, 0) is 31.5 Å². The van der Waals surface area contributed by atoms with E-state index in [4.69, 9.17) is 4.74 Å². The molecular formula is C17H27FN2O2. The lowest BCUT2D eigenvalue weighted by atomic mass is 10.1. The number of hydrogen-bond donors (Lipinski definition) is 1. The first-order valence-corrected chi connectivity index (χ1v) is 7.92. The topological polar surface area (TPSA) is 35.9 Å². The van der Waals surface area contributed by atoms with E-state index < -0.39 is 5.60 Å². The normalized spacial score (nSPS) is 17.1. The van der Waals surface area contributed by atoms with Gasteiger partial charge >= 0.3 is 0 Å². The molecule has 0 atom stereocenters. The van der Waals surface area contributed by atoms with Gasteiger partial charge in [0.2, 0.25) is 0 Å². The van der Waals surface area contributed by atoms with Crippen LogP contribution < -0.4 is 0 Å². The Bertz CT molecular complexity index is 439. The lowest BCUT2D eigenvalue weighted by molar-refractivity contribution is 0.0139. The molecule has 4 nitrogen and oxygen atoms in total. The van der Waals surface area contributed by atoms with Crippen LogP contribution in [-0.2, 0) is 11.3 Å². The van der Waals surface area contributed by atoms with E-state index in [-0.39, 0.29) is 5.82 Å². The van der Waals surface area contributed by atoms with Crippen LogP contribution in [-0.4, -0.2) is 66.4 Å².